The summed E-state index contributed by atoms with van der Waals surface area (Å²) in [4.78, 5) is 19.0. The third kappa shape index (κ3) is 7.63. The number of rotatable bonds is 6. The van der Waals surface area contributed by atoms with Crippen LogP contribution in [0.2, 0.25) is 0 Å². The molecule has 0 unspecified atom stereocenters. The molecule has 0 saturated carbocycles. The van der Waals surface area contributed by atoms with E-state index in [2.05, 4.69) is 16.5 Å². The summed E-state index contributed by atoms with van der Waals surface area (Å²) in [7, 11) is 0. The Bertz CT molecular complexity index is 723. The largest absolute Gasteiger partial charge is 0.591 e. The topological polar surface area (TPSA) is 77.8 Å². The van der Waals surface area contributed by atoms with Crippen molar-refractivity contribution in [1.29, 1.82) is 0 Å². The number of unbranched alkanes of at least 4 members (excludes halogenated alkanes) is 2. The molecule has 0 radical (unpaired) electrons. The van der Waals surface area contributed by atoms with Gasteiger partial charge < -0.3 is 9.29 Å². The summed E-state index contributed by atoms with van der Waals surface area (Å²) in [6, 6.07) is 4.14. The van der Waals surface area contributed by atoms with Gasteiger partial charge in [-0.25, -0.2) is 9.78 Å². The minimum atomic E-state index is -1.19. The zero-order chi connectivity index (χ0) is 21.7. The van der Waals surface area contributed by atoms with E-state index in [-0.39, 0.29) is 10.8 Å². The number of aromatic nitrogens is 1. The van der Waals surface area contributed by atoms with E-state index in [1.165, 1.54) is 0 Å². The van der Waals surface area contributed by atoms with Crippen molar-refractivity contribution in [1.82, 2.24) is 4.98 Å². The lowest BCUT2D eigenvalue weighted by atomic mass is 10.0. The van der Waals surface area contributed by atoms with E-state index in [4.69, 9.17) is 9.72 Å². The maximum Gasteiger partial charge on any atom is 0.416 e. The number of carbonyl (C=O) groups excluding carboxylic acids is 1. The minimum absolute atomic E-state index is 0.316. The number of nitrogens with zero attached hydrogens (tertiary/aromatic N) is 3. The molecule has 1 aromatic heterocycles. The molecule has 0 aliphatic carbocycles. The van der Waals surface area contributed by atoms with Crippen LogP contribution in [0.25, 0.3) is 0 Å². The molecule has 0 fully saturated rings. The molecule has 0 spiro atoms. The quantitative estimate of drug-likeness (QED) is 0.367. The van der Waals surface area contributed by atoms with Crippen molar-refractivity contribution < 1.29 is 14.1 Å². The fraction of sp³-hybridized carbons (Fsp3) is 0.682. The second kappa shape index (κ2) is 9.94. The molecule has 1 aliphatic heterocycles. The van der Waals surface area contributed by atoms with Crippen LogP contribution in [0.15, 0.2) is 16.5 Å². The Morgan fingerprint density at radius 2 is 2.00 bits per heavy atom. The Hall–Kier alpha value is -1.60. The van der Waals surface area contributed by atoms with Gasteiger partial charge in [-0.2, -0.15) is 0 Å². The van der Waals surface area contributed by atoms with E-state index < -0.39 is 17.0 Å². The first-order valence-electron chi connectivity index (χ1n) is 10.4. The minimum Gasteiger partial charge on any atom is -0.591 e. The first-order chi connectivity index (χ1) is 13.5. The normalized spacial score (nSPS) is 16.0. The molecule has 0 N–H and O–H groups in total. The Morgan fingerprint density at radius 3 is 2.66 bits per heavy atom. The summed E-state index contributed by atoms with van der Waals surface area (Å²) < 4.78 is 21.3. The Labute approximate surface area is 178 Å². The number of amides is 1. The molecule has 1 amide bonds. The number of anilines is 1. The predicted molar refractivity (Wildman–Crippen MR) is 120 cm³/mol. The maximum absolute atomic E-state index is 12.6. The van der Waals surface area contributed by atoms with Crippen LogP contribution in [-0.2, 0) is 28.9 Å². The molecule has 162 valence electrons. The van der Waals surface area contributed by atoms with Crippen molar-refractivity contribution in [3.05, 3.63) is 23.4 Å². The van der Waals surface area contributed by atoms with Gasteiger partial charge in [0.15, 0.2) is 0 Å². The van der Waals surface area contributed by atoms with Crippen molar-refractivity contribution in [3.8, 4) is 0 Å². The van der Waals surface area contributed by atoms with Gasteiger partial charge in [0.05, 0.1) is 6.21 Å². The van der Waals surface area contributed by atoms with Gasteiger partial charge in [0.2, 0.25) is 0 Å². The summed E-state index contributed by atoms with van der Waals surface area (Å²) in [6.07, 6.45) is 6.86. The first-order valence-corrected chi connectivity index (χ1v) is 11.5. The second-order valence-electron chi connectivity index (χ2n) is 9.42. The zero-order valence-electron chi connectivity index (χ0n) is 18.7. The number of hydrogen-bond donors (Lipinski definition) is 0. The molecular formula is C22H35N3O3S. The van der Waals surface area contributed by atoms with Gasteiger partial charge in [0.25, 0.3) is 0 Å². The molecule has 0 bridgehead atoms. The van der Waals surface area contributed by atoms with Crippen LogP contribution < -0.4 is 4.90 Å². The highest BCUT2D eigenvalue weighted by Crippen LogP contribution is 2.27. The second-order valence-corrected chi connectivity index (χ2v) is 11.4. The SMILES string of the molecule is CC(C)(C)OC(=O)N1CCCc2ccc(CCCC/C=N/[S@@+]([O-])C(C)(C)C)nc21. The predicted octanol–water partition coefficient (Wildman–Crippen LogP) is 5.02. The summed E-state index contributed by atoms with van der Waals surface area (Å²) in [5.74, 6) is 0.741. The highest BCUT2D eigenvalue weighted by Gasteiger charge is 2.28. The Kier molecular flexibility index (Phi) is 8.11. The third-order valence-electron chi connectivity index (χ3n) is 4.42. The summed E-state index contributed by atoms with van der Waals surface area (Å²) >= 11 is -1.19. The lowest BCUT2D eigenvalue weighted by Crippen LogP contribution is -2.40. The summed E-state index contributed by atoms with van der Waals surface area (Å²) in [6.45, 7) is 12.0. The number of carbonyl (C=O) groups is 1. The lowest BCUT2D eigenvalue weighted by Gasteiger charge is -2.31. The van der Waals surface area contributed by atoms with Gasteiger partial charge in [-0.05, 0) is 91.7 Å². The number of ether oxygens (including phenoxy) is 1. The van der Waals surface area contributed by atoms with E-state index in [9.17, 15) is 9.35 Å². The van der Waals surface area contributed by atoms with Crippen LogP contribution in [0.3, 0.4) is 0 Å². The molecule has 7 heteroatoms. The molecule has 6 nitrogen and oxygen atoms in total. The average Bonchev–Trinajstić information content (AvgIpc) is 2.61. The standard InChI is InChI=1S/C22H35N3O3S/c1-21(2,3)28-20(26)25-16-10-11-17-13-14-18(24-19(17)25)12-8-7-9-15-23-29(27)22(4,5)6/h13-15H,7-12,16H2,1-6H3/b23-15+/t29-/m0/s1. The fourth-order valence-corrected chi connectivity index (χ4v) is 3.49. The molecule has 2 heterocycles. The van der Waals surface area contributed by atoms with Crippen molar-refractivity contribution in [2.45, 2.75) is 90.4 Å². The molecule has 2 rings (SSSR count). The fourth-order valence-electron chi connectivity index (χ4n) is 2.93. The zero-order valence-corrected chi connectivity index (χ0v) is 19.5. The molecular weight excluding hydrogens is 386 g/mol. The Morgan fingerprint density at radius 1 is 1.28 bits per heavy atom. The maximum atomic E-state index is 12.6. The smallest absolute Gasteiger partial charge is 0.416 e. The van der Waals surface area contributed by atoms with Crippen LogP contribution in [-0.4, -0.2) is 38.7 Å². The molecule has 1 aromatic rings. The first kappa shape index (κ1) is 23.7. The molecule has 1 aliphatic rings. The van der Waals surface area contributed by atoms with Crippen LogP contribution in [0.4, 0.5) is 10.6 Å². The van der Waals surface area contributed by atoms with Gasteiger partial charge in [0.1, 0.15) is 27.5 Å². The number of pyridine rings is 1. The number of hydrogen-bond acceptors (Lipinski definition) is 5. The van der Waals surface area contributed by atoms with Crippen LogP contribution in [0.5, 0.6) is 0 Å². The van der Waals surface area contributed by atoms with Crippen LogP contribution >= 0.6 is 0 Å². The Balaban J connectivity index is 1.91. The van der Waals surface area contributed by atoms with Crippen LogP contribution in [0.1, 0.15) is 78.5 Å². The average molecular weight is 422 g/mol. The number of fused-ring (bicyclic) bond motifs is 1. The molecule has 0 saturated heterocycles. The highest BCUT2D eigenvalue weighted by atomic mass is 32.2. The molecule has 29 heavy (non-hydrogen) atoms. The van der Waals surface area contributed by atoms with Crippen LogP contribution in [0, 0.1) is 0 Å². The lowest BCUT2D eigenvalue weighted by molar-refractivity contribution is 0.0576. The van der Waals surface area contributed by atoms with Crippen molar-refractivity contribution >= 4 is 29.5 Å². The van der Waals surface area contributed by atoms with Gasteiger partial charge in [-0.15, -0.1) is 0 Å². The van der Waals surface area contributed by atoms with Gasteiger partial charge in [-0.3, -0.25) is 4.90 Å². The van der Waals surface area contributed by atoms with E-state index in [0.717, 1.165) is 55.6 Å². The van der Waals surface area contributed by atoms with Crippen molar-refractivity contribution in [3.63, 3.8) is 0 Å². The van der Waals surface area contributed by atoms with E-state index >= 15 is 0 Å². The molecule has 1 atom stereocenters. The highest BCUT2D eigenvalue weighted by molar-refractivity contribution is 7.91. The van der Waals surface area contributed by atoms with Crippen molar-refractivity contribution in [2.75, 3.05) is 11.4 Å². The monoisotopic (exact) mass is 421 g/mol. The summed E-state index contributed by atoms with van der Waals surface area (Å²) in [5, 5.41) is 0. The van der Waals surface area contributed by atoms with E-state index in [1.807, 2.05) is 41.5 Å². The number of aryl methyl sites for hydroxylation is 2. The molecule has 0 aromatic carbocycles. The third-order valence-corrected chi connectivity index (χ3v) is 5.81. The van der Waals surface area contributed by atoms with E-state index in [0.29, 0.717) is 6.54 Å². The van der Waals surface area contributed by atoms with Crippen molar-refractivity contribution in [2.24, 2.45) is 4.40 Å². The van der Waals surface area contributed by atoms with Gasteiger partial charge >= 0.3 is 6.09 Å². The van der Waals surface area contributed by atoms with Gasteiger partial charge in [0, 0.05) is 12.2 Å². The van der Waals surface area contributed by atoms with Gasteiger partial charge in [-0.1, -0.05) is 10.5 Å². The summed E-state index contributed by atoms with van der Waals surface area (Å²) in [5.41, 5.74) is 1.56. The van der Waals surface area contributed by atoms with E-state index in [1.54, 1.807) is 11.1 Å².